The fourth-order valence-electron chi connectivity index (χ4n) is 0.788. The smallest absolute Gasteiger partial charge is 0.347 e. The van der Waals surface area contributed by atoms with Crippen molar-refractivity contribution < 1.29 is 4.79 Å². The van der Waals surface area contributed by atoms with E-state index in [9.17, 15) is 9.59 Å². The van der Waals surface area contributed by atoms with Gasteiger partial charge in [-0.3, -0.25) is 9.36 Å². The van der Waals surface area contributed by atoms with E-state index in [1.54, 1.807) is 12.3 Å². The molecule has 0 saturated heterocycles. The van der Waals surface area contributed by atoms with E-state index in [-0.39, 0.29) is 12.1 Å². The molecule has 0 saturated carbocycles. The number of aryl methyl sites for hydroxylation is 1. The molecule has 12 heavy (non-hydrogen) atoms. The van der Waals surface area contributed by atoms with E-state index in [0.29, 0.717) is 6.54 Å². The molecule has 0 aromatic carbocycles. The number of hydrogen-bond acceptors (Lipinski definition) is 3. The van der Waals surface area contributed by atoms with Gasteiger partial charge in [0.15, 0.2) is 0 Å². The molecule has 0 spiro atoms. The first kappa shape index (κ1) is 8.45. The Bertz CT molecular complexity index is 331. The van der Waals surface area contributed by atoms with E-state index >= 15 is 0 Å². The summed E-state index contributed by atoms with van der Waals surface area (Å²) in [6, 6.07) is 1.63. The lowest BCUT2D eigenvalue weighted by molar-refractivity contribution is -0.118. The summed E-state index contributed by atoms with van der Waals surface area (Å²) in [7, 11) is 0. The average Bonchev–Trinajstić information content (AvgIpc) is 2.03. The number of carbonyl (C=O) groups excluding carboxylic acids is 1. The number of hydrogen-bond donors (Lipinski definition) is 1. The third kappa shape index (κ3) is 2.19. The van der Waals surface area contributed by atoms with Gasteiger partial charge in [0, 0.05) is 25.4 Å². The van der Waals surface area contributed by atoms with Gasteiger partial charge in [0.1, 0.15) is 0 Å². The Hall–Kier alpha value is -1.65. The lowest BCUT2D eigenvalue weighted by atomic mass is 10.4. The Morgan fingerprint density at radius 1 is 1.67 bits per heavy atom. The van der Waals surface area contributed by atoms with Gasteiger partial charge >= 0.3 is 5.69 Å². The molecule has 5 heteroatoms. The molecule has 2 N–H and O–H groups in total. The highest BCUT2D eigenvalue weighted by molar-refractivity contribution is 5.73. The molecule has 1 aromatic rings. The van der Waals surface area contributed by atoms with E-state index in [1.807, 2.05) is 0 Å². The minimum absolute atomic E-state index is 0.158. The highest BCUT2D eigenvalue weighted by atomic mass is 16.1. The minimum Gasteiger partial charge on any atom is -0.370 e. The number of amides is 1. The van der Waals surface area contributed by atoms with Crippen LogP contribution in [0.15, 0.2) is 23.3 Å². The van der Waals surface area contributed by atoms with Crippen LogP contribution < -0.4 is 11.4 Å². The second-order valence-electron chi connectivity index (χ2n) is 2.31. The van der Waals surface area contributed by atoms with Gasteiger partial charge in [-0.25, -0.2) is 9.78 Å². The average molecular weight is 167 g/mol. The number of carbonyl (C=O) groups is 1. The molecular formula is C7H9N3O2. The molecule has 0 atom stereocenters. The quantitative estimate of drug-likeness (QED) is 0.634. The van der Waals surface area contributed by atoms with Crippen molar-refractivity contribution in [1.82, 2.24) is 9.55 Å². The summed E-state index contributed by atoms with van der Waals surface area (Å²) in [5, 5.41) is 0. The summed E-state index contributed by atoms with van der Waals surface area (Å²) < 4.78 is 1.34. The number of nitrogens with two attached hydrogens (primary N) is 1. The third-order valence-corrected chi connectivity index (χ3v) is 1.38. The van der Waals surface area contributed by atoms with Gasteiger partial charge in [0.25, 0.3) is 0 Å². The van der Waals surface area contributed by atoms with E-state index in [0.717, 1.165) is 0 Å². The first-order valence-corrected chi connectivity index (χ1v) is 3.50. The lowest BCUT2D eigenvalue weighted by Gasteiger charge is -2.00. The summed E-state index contributed by atoms with van der Waals surface area (Å²) in [6.45, 7) is 0.294. The number of rotatable bonds is 3. The van der Waals surface area contributed by atoms with Crippen molar-refractivity contribution in [2.45, 2.75) is 13.0 Å². The molecular weight excluding hydrogens is 158 g/mol. The summed E-state index contributed by atoms with van der Waals surface area (Å²) >= 11 is 0. The lowest BCUT2D eigenvalue weighted by Crippen LogP contribution is -2.24. The zero-order valence-electron chi connectivity index (χ0n) is 6.43. The van der Waals surface area contributed by atoms with E-state index < -0.39 is 5.91 Å². The van der Waals surface area contributed by atoms with Gasteiger partial charge < -0.3 is 5.73 Å². The van der Waals surface area contributed by atoms with Crippen LogP contribution in [0.5, 0.6) is 0 Å². The predicted octanol–water partition coefficient (Wildman–Crippen LogP) is -0.881. The number of nitrogens with zero attached hydrogens (tertiary/aromatic N) is 2. The highest BCUT2D eigenvalue weighted by Gasteiger charge is 1.97. The van der Waals surface area contributed by atoms with Crippen molar-refractivity contribution in [2.24, 2.45) is 5.73 Å². The molecule has 0 unspecified atom stereocenters. The Morgan fingerprint density at radius 3 is 3.00 bits per heavy atom. The van der Waals surface area contributed by atoms with Crippen molar-refractivity contribution in [3.63, 3.8) is 0 Å². The molecule has 0 aliphatic carbocycles. The predicted molar refractivity (Wildman–Crippen MR) is 42.3 cm³/mol. The molecule has 1 heterocycles. The fraction of sp³-hybridized carbons (Fsp3) is 0.286. The number of aromatic nitrogens is 2. The maximum absolute atomic E-state index is 10.9. The molecule has 64 valence electrons. The standard InChI is InChI=1S/C7H9N3O2/c8-6(11)2-5-10-4-1-3-9-7(10)12/h1,3-4H,2,5H2,(H2,8,11). The monoisotopic (exact) mass is 167 g/mol. The van der Waals surface area contributed by atoms with Crippen LogP contribution in [-0.4, -0.2) is 15.5 Å². The third-order valence-electron chi connectivity index (χ3n) is 1.38. The maximum Gasteiger partial charge on any atom is 0.347 e. The molecule has 0 aliphatic heterocycles. The molecule has 0 aliphatic rings. The molecule has 5 nitrogen and oxygen atoms in total. The van der Waals surface area contributed by atoms with Crippen LogP contribution >= 0.6 is 0 Å². The van der Waals surface area contributed by atoms with Gasteiger partial charge in [-0.05, 0) is 6.07 Å². The molecule has 1 rings (SSSR count). The van der Waals surface area contributed by atoms with Crippen molar-refractivity contribution in [3.8, 4) is 0 Å². The van der Waals surface area contributed by atoms with Crippen LogP contribution in [0.2, 0.25) is 0 Å². The molecule has 1 amide bonds. The van der Waals surface area contributed by atoms with Crippen LogP contribution in [0.1, 0.15) is 6.42 Å². The molecule has 0 bridgehead atoms. The van der Waals surface area contributed by atoms with Crippen LogP contribution in [0.4, 0.5) is 0 Å². The fourth-order valence-corrected chi connectivity index (χ4v) is 0.788. The Balaban J connectivity index is 2.70. The molecule has 0 radical (unpaired) electrons. The van der Waals surface area contributed by atoms with Crippen LogP contribution in [0.3, 0.4) is 0 Å². The SMILES string of the molecule is NC(=O)CCn1cccnc1=O. The summed E-state index contributed by atoms with van der Waals surface area (Å²) in [5.41, 5.74) is 4.55. The van der Waals surface area contributed by atoms with Crippen LogP contribution in [-0.2, 0) is 11.3 Å². The summed E-state index contributed by atoms with van der Waals surface area (Å²) in [4.78, 5) is 24.8. The Morgan fingerprint density at radius 2 is 2.42 bits per heavy atom. The summed E-state index contributed by atoms with van der Waals surface area (Å²) in [6.07, 6.45) is 3.13. The van der Waals surface area contributed by atoms with Gasteiger partial charge in [-0.1, -0.05) is 0 Å². The highest BCUT2D eigenvalue weighted by Crippen LogP contribution is 1.83. The van der Waals surface area contributed by atoms with Gasteiger partial charge in [-0.2, -0.15) is 0 Å². The zero-order chi connectivity index (χ0) is 8.97. The molecule has 0 fully saturated rings. The Kier molecular flexibility index (Phi) is 2.57. The normalized spacial score (nSPS) is 9.67. The second-order valence-corrected chi connectivity index (χ2v) is 2.31. The number of primary amides is 1. The van der Waals surface area contributed by atoms with E-state index in [1.165, 1.54) is 10.8 Å². The van der Waals surface area contributed by atoms with Gasteiger partial charge in [0.05, 0.1) is 0 Å². The van der Waals surface area contributed by atoms with E-state index in [4.69, 9.17) is 5.73 Å². The van der Waals surface area contributed by atoms with Crippen molar-refractivity contribution >= 4 is 5.91 Å². The first-order valence-electron chi connectivity index (χ1n) is 3.50. The topological polar surface area (TPSA) is 78.0 Å². The van der Waals surface area contributed by atoms with E-state index in [2.05, 4.69) is 4.98 Å². The zero-order valence-corrected chi connectivity index (χ0v) is 6.43. The summed E-state index contributed by atoms with van der Waals surface area (Å²) in [5.74, 6) is -0.425. The van der Waals surface area contributed by atoms with Crippen LogP contribution in [0.25, 0.3) is 0 Å². The largest absolute Gasteiger partial charge is 0.370 e. The van der Waals surface area contributed by atoms with Crippen LogP contribution in [0, 0.1) is 0 Å². The first-order chi connectivity index (χ1) is 5.70. The minimum atomic E-state index is -0.425. The second kappa shape index (κ2) is 3.66. The Labute approximate surface area is 68.8 Å². The van der Waals surface area contributed by atoms with Crippen molar-refractivity contribution in [3.05, 3.63) is 28.9 Å². The van der Waals surface area contributed by atoms with Crippen molar-refractivity contribution in [2.75, 3.05) is 0 Å². The van der Waals surface area contributed by atoms with Gasteiger partial charge in [-0.15, -0.1) is 0 Å². The molecule has 1 aromatic heterocycles. The van der Waals surface area contributed by atoms with Crippen molar-refractivity contribution in [1.29, 1.82) is 0 Å². The van der Waals surface area contributed by atoms with Gasteiger partial charge in [0.2, 0.25) is 5.91 Å². The maximum atomic E-state index is 10.9.